The SMILES string of the molecule is COc1cc(/C=N\n2c(C)nc3ccccc3c2=O)ccc1OC(=O)c1ccc(F)cc1. The zero-order chi connectivity index (χ0) is 22.7. The first-order chi connectivity index (χ1) is 15.5. The lowest BCUT2D eigenvalue weighted by molar-refractivity contribution is 0.0729. The van der Waals surface area contributed by atoms with E-state index >= 15 is 0 Å². The first-order valence-corrected chi connectivity index (χ1v) is 9.65. The fraction of sp³-hybridized carbons (Fsp3) is 0.0833. The van der Waals surface area contributed by atoms with Crippen molar-refractivity contribution in [2.75, 3.05) is 7.11 Å². The van der Waals surface area contributed by atoms with Crippen LogP contribution in [0.2, 0.25) is 0 Å². The molecule has 0 bridgehead atoms. The number of aromatic nitrogens is 2. The number of para-hydroxylation sites is 1. The van der Waals surface area contributed by atoms with Crippen LogP contribution in [0.5, 0.6) is 11.5 Å². The second-order valence-corrected chi connectivity index (χ2v) is 6.84. The molecule has 0 aliphatic heterocycles. The van der Waals surface area contributed by atoms with Crippen molar-refractivity contribution < 1.29 is 18.7 Å². The highest BCUT2D eigenvalue weighted by Crippen LogP contribution is 2.28. The van der Waals surface area contributed by atoms with Crippen LogP contribution in [-0.4, -0.2) is 29.0 Å². The first kappa shape index (κ1) is 20.9. The Hall–Kier alpha value is -4.33. The fourth-order valence-electron chi connectivity index (χ4n) is 3.09. The van der Waals surface area contributed by atoms with Gasteiger partial charge in [-0.05, 0) is 67.1 Å². The number of esters is 1. The maximum absolute atomic E-state index is 13.1. The molecule has 32 heavy (non-hydrogen) atoms. The lowest BCUT2D eigenvalue weighted by atomic mass is 10.2. The zero-order valence-corrected chi connectivity index (χ0v) is 17.3. The quantitative estimate of drug-likeness (QED) is 0.271. The Morgan fingerprint density at radius 2 is 1.81 bits per heavy atom. The van der Waals surface area contributed by atoms with E-state index in [0.29, 0.717) is 28.0 Å². The minimum Gasteiger partial charge on any atom is -0.493 e. The molecule has 1 aromatic heterocycles. The molecule has 0 unspecified atom stereocenters. The molecule has 0 aliphatic carbocycles. The number of nitrogens with zero attached hydrogens (tertiary/aromatic N) is 3. The van der Waals surface area contributed by atoms with E-state index in [1.165, 1.54) is 42.3 Å². The van der Waals surface area contributed by atoms with Crippen molar-refractivity contribution in [2.45, 2.75) is 6.92 Å². The number of fused-ring (bicyclic) bond motifs is 1. The van der Waals surface area contributed by atoms with Crippen molar-refractivity contribution in [3.63, 3.8) is 0 Å². The number of ether oxygens (including phenoxy) is 2. The Kier molecular flexibility index (Phi) is 5.76. The molecule has 4 rings (SSSR count). The summed E-state index contributed by atoms with van der Waals surface area (Å²) in [5, 5.41) is 4.73. The third-order valence-corrected chi connectivity index (χ3v) is 4.71. The van der Waals surface area contributed by atoms with Gasteiger partial charge in [-0.15, -0.1) is 0 Å². The highest BCUT2D eigenvalue weighted by molar-refractivity contribution is 5.91. The molecule has 4 aromatic rings. The van der Waals surface area contributed by atoms with Gasteiger partial charge in [-0.2, -0.15) is 9.78 Å². The van der Waals surface area contributed by atoms with Gasteiger partial charge >= 0.3 is 5.97 Å². The number of aryl methyl sites for hydroxylation is 1. The number of hydrogen-bond acceptors (Lipinski definition) is 6. The monoisotopic (exact) mass is 431 g/mol. The summed E-state index contributed by atoms with van der Waals surface area (Å²) in [6.07, 6.45) is 1.49. The van der Waals surface area contributed by atoms with Gasteiger partial charge in [0.15, 0.2) is 11.5 Å². The molecule has 3 aromatic carbocycles. The number of hydrogen-bond donors (Lipinski definition) is 0. The average molecular weight is 431 g/mol. The third kappa shape index (κ3) is 4.24. The zero-order valence-electron chi connectivity index (χ0n) is 17.3. The molecule has 0 fully saturated rings. The van der Waals surface area contributed by atoms with Crippen LogP contribution in [0.25, 0.3) is 10.9 Å². The summed E-state index contributed by atoms with van der Waals surface area (Å²) in [5.41, 5.74) is 1.15. The number of rotatable bonds is 5. The normalized spacial score (nSPS) is 11.1. The van der Waals surface area contributed by atoms with Crippen LogP contribution < -0.4 is 15.0 Å². The van der Waals surface area contributed by atoms with Crippen LogP contribution >= 0.6 is 0 Å². The van der Waals surface area contributed by atoms with Crippen LogP contribution in [0.3, 0.4) is 0 Å². The molecular weight excluding hydrogens is 413 g/mol. The second kappa shape index (κ2) is 8.81. The van der Waals surface area contributed by atoms with E-state index in [1.54, 1.807) is 43.3 Å². The lowest BCUT2D eigenvalue weighted by Crippen LogP contribution is -2.20. The van der Waals surface area contributed by atoms with Crippen molar-refractivity contribution >= 4 is 23.1 Å². The van der Waals surface area contributed by atoms with Gasteiger partial charge < -0.3 is 9.47 Å². The van der Waals surface area contributed by atoms with Crippen molar-refractivity contribution in [2.24, 2.45) is 5.10 Å². The molecule has 0 aliphatic rings. The van der Waals surface area contributed by atoms with Gasteiger partial charge in [0.25, 0.3) is 5.56 Å². The number of methoxy groups -OCH3 is 1. The Morgan fingerprint density at radius 1 is 1.06 bits per heavy atom. The molecule has 7 nitrogen and oxygen atoms in total. The molecule has 0 saturated carbocycles. The summed E-state index contributed by atoms with van der Waals surface area (Å²) in [5.74, 6) is -0.153. The molecule has 1 heterocycles. The van der Waals surface area contributed by atoms with Crippen molar-refractivity contribution in [3.05, 3.63) is 99.9 Å². The van der Waals surface area contributed by atoms with E-state index in [4.69, 9.17) is 9.47 Å². The van der Waals surface area contributed by atoms with E-state index in [-0.39, 0.29) is 16.9 Å². The Morgan fingerprint density at radius 3 is 2.56 bits per heavy atom. The second-order valence-electron chi connectivity index (χ2n) is 6.84. The van der Waals surface area contributed by atoms with E-state index in [0.717, 1.165) is 0 Å². The van der Waals surface area contributed by atoms with Crippen LogP contribution in [-0.2, 0) is 0 Å². The minimum atomic E-state index is -0.644. The van der Waals surface area contributed by atoms with Gasteiger partial charge in [0, 0.05) is 0 Å². The summed E-state index contributed by atoms with van der Waals surface area (Å²) in [6, 6.07) is 16.9. The van der Waals surface area contributed by atoms with Crippen molar-refractivity contribution in [3.8, 4) is 11.5 Å². The van der Waals surface area contributed by atoms with Gasteiger partial charge in [0.05, 0.1) is 29.8 Å². The average Bonchev–Trinajstić information content (AvgIpc) is 2.80. The van der Waals surface area contributed by atoms with E-state index in [1.807, 2.05) is 6.07 Å². The summed E-state index contributed by atoms with van der Waals surface area (Å²) >= 11 is 0. The van der Waals surface area contributed by atoms with E-state index < -0.39 is 11.8 Å². The smallest absolute Gasteiger partial charge is 0.343 e. The molecule has 0 saturated heterocycles. The molecular formula is C24H18FN3O4. The minimum absolute atomic E-state index is 0.194. The highest BCUT2D eigenvalue weighted by atomic mass is 19.1. The number of carbonyl (C=O) groups is 1. The lowest BCUT2D eigenvalue weighted by Gasteiger charge is -2.10. The predicted molar refractivity (Wildman–Crippen MR) is 118 cm³/mol. The number of halogens is 1. The number of carbonyl (C=O) groups excluding carboxylic acids is 1. The highest BCUT2D eigenvalue weighted by Gasteiger charge is 2.13. The summed E-state index contributed by atoms with van der Waals surface area (Å²) < 4.78 is 25.0. The third-order valence-electron chi connectivity index (χ3n) is 4.71. The Balaban J connectivity index is 1.60. The summed E-state index contributed by atoms with van der Waals surface area (Å²) in [7, 11) is 1.44. The molecule has 0 N–H and O–H groups in total. The van der Waals surface area contributed by atoms with Crippen LogP contribution in [0, 0.1) is 12.7 Å². The van der Waals surface area contributed by atoms with Gasteiger partial charge in [-0.25, -0.2) is 14.2 Å². The Labute approximate surface area is 182 Å². The predicted octanol–water partition coefficient (Wildman–Crippen LogP) is 3.95. The van der Waals surface area contributed by atoms with E-state index in [2.05, 4.69) is 10.1 Å². The van der Waals surface area contributed by atoms with Crippen LogP contribution in [0.1, 0.15) is 21.7 Å². The molecule has 0 spiro atoms. The maximum Gasteiger partial charge on any atom is 0.343 e. The van der Waals surface area contributed by atoms with Gasteiger partial charge in [0.1, 0.15) is 11.6 Å². The Bertz CT molecular complexity index is 1400. The summed E-state index contributed by atoms with van der Waals surface area (Å²) in [4.78, 5) is 29.4. The molecule has 160 valence electrons. The van der Waals surface area contributed by atoms with Gasteiger partial charge in [0.2, 0.25) is 0 Å². The first-order valence-electron chi connectivity index (χ1n) is 9.65. The van der Waals surface area contributed by atoms with Gasteiger partial charge in [-0.1, -0.05) is 12.1 Å². The van der Waals surface area contributed by atoms with E-state index in [9.17, 15) is 14.0 Å². The topological polar surface area (TPSA) is 82.8 Å². The largest absolute Gasteiger partial charge is 0.493 e. The van der Waals surface area contributed by atoms with Crippen molar-refractivity contribution in [1.29, 1.82) is 0 Å². The fourth-order valence-corrected chi connectivity index (χ4v) is 3.09. The van der Waals surface area contributed by atoms with Crippen LogP contribution in [0.15, 0.2) is 76.6 Å². The maximum atomic E-state index is 13.1. The molecule has 0 amide bonds. The van der Waals surface area contributed by atoms with Crippen LogP contribution in [0.4, 0.5) is 4.39 Å². The summed E-state index contributed by atoms with van der Waals surface area (Å²) in [6.45, 7) is 1.70. The standard InChI is InChI=1S/C24H18FN3O4/c1-15-27-20-6-4-3-5-19(20)23(29)28(15)26-14-16-7-12-21(22(13-16)31-2)32-24(30)17-8-10-18(25)11-9-17/h3-14H,1-2H3/b26-14-. The van der Waals surface area contributed by atoms with Crippen molar-refractivity contribution in [1.82, 2.24) is 9.66 Å². The number of benzene rings is 3. The molecule has 8 heteroatoms. The van der Waals surface area contributed by atoms with Gasteiger partial charge in [-0.3, -0.25) is 4.79 Å². The molecule has 0 atom stereocenters. The molecule has 0 radical (unpaired) electrons.